The zero-order valence-corrected chi connectivity index (χ0v) is 31.6. The minimum Gasteiger partial charge on any atom is -0.383 e. The monoisotopic (exact) mass is 731 g/mol. The lowest BCUT2D eigenvalue weighted by Crippen LogP contribution is -2.31. The van der Waals surface area contributed by atoms with E-state index in [0.29, 0.717) is 119 Å². The summed E-state index contributed by atoms with van der Waals surface area (Å²) in [5.74, 6) is 0. The fraction of sp³-hybridized carbons (Fsp3) is 0.317. The molecule has 2 heterocycles. The van der Waals surface area contributed by atoms with Crippen molar-refractivity contribution < 1.29 is 9.59 Å². The summed E-state index contributed by atoms with van der Waals surface area (Å²) in [6.07, 6.45) is 1.62. The number of hydrogen-bond donors (Lipinski definition) is 4. The van der Waals surface area contributed by atoms with Crippen LogP contribution in [0.5, 0.6) is 0 Å². The number of benzene rings is 4. The zero-order chi connectivity index (χ0) is 38.4. The topological polar surface area (TPSA) is 140 Å². The standard InChI is InChI=1S/C41H49N9O4/c1-46(2)22-24-49(26-51)34-16-14-32(36-38(34)44-30-12-8-6-10-28(30)40(36)53)42-18-20-48(5)21-19-43-33-15-17-35(50(27-52)25-23-47(3)4)39-37(33)41(54)29-11-7-9-13-31(29)45-39/h6-17,26-27,42-43H,18-25H2,1-5H3,(H,44,53)(H,45,54). The molecule has 0 aliphatic carbocycles. The molecule has 4 N–H and O–H groups in total. The van der Waals surface area contributed by atoms with E-state index in [4.69, 9.17) is 0 Å². The number of likely N-dealkylation sites (N-methyl/N-ethyl adjacent to an activating group) is 3. The van der Waals surface area contributed by atoms with Crippen molar-refractivity contribution in [3.63, 3.8) is 0 Å². The van der Waals surface area contributed by atoms with E-state index >= 15 is 0 Å². The Morgan fingerprint density at radius 2 is 0.944 bits per heavy atom. The normalized spacial score (nSPS) is 11.7. The maximum atomic E-state index is 13.9. The van der Waals surface area contributed by atoms with Gasteiger partial charge in [0.2, 0.25) is 12.8 Å². The smallest absolute Gasteiger partial charge is 0.214 e. The van der Waals surface area contributed by atoms with Crippen molar-refractivity contribution in [3.05, 3.63) is 93.2 Å². The summed E-state index contributed by atoms with van der Waals surface area (Å²) in [6.45, 7) is 4.76. The third-order valence-corrected chi connectivity index (χ3v) is 9.75. The Balaban J connectivity index is 1.18. The molecule has 6 aromatic rings. The molecular formula is C41H49N9O4. The number of carbonyl (C=O) groups excluding carboxylic acids is 2. The van der Waals surface area contributed by atoms with Gasteiger partial charge in [0.05, 0.1) is 33.2 Å². The summed E-state index contributed by atoms with van der Waals surface area (Å²) < 4.78 is 0. The number of rotatable bonds is 18. The number of amides is 2. The molecule has 0 saturated heterocycles. The first-order chi connectivity index (χ1) is 26.1. The van der Waals surface area contributed by atoms with Crippen molar-refractivity contribution in [1.29, 1.82) is 0 Å². The Kier molecular flexibility index (Phi) is 11.9. The molecule has 0 radical (unpaired) electrons. The van der Waals surface area contributed by atoms with Crippen molar-refractivity contribution in [1.82, 2.24) is 24.7 Å². The molecule has 0 aliphatic rings. The van der Waals surface area contributed by atoms with E-state index in [9.17, 15) is 19.2 Å². The van der Waals surface area contributed by atoms with Crippen LogP contribution in [0, 0.1) is 0 Å². The Bertz CT molecular complexity index is 2240. The molecule has 4 aromatic carbocycles. The fourth-order valence-corrected chi connectivity index (χ4v) is 6.75. The summed E-state index contributed by atoms with van der Waals surface area (Å²) in [5.41, 5.74) is 5.13. The van der Waals surface area contributed by atoms with Gasteiger partial charge in [-0.2, -0.15) is 0 Å². The summed E-state index contributed by atoms with van der Waals surface area (Å²) in [6, 6.07) is 22.3. The van der Waals surface area contributed by atoms with E-state index in [2.05, 4.69) is 25.5 Å². The van der Waals surface area contributed by atoms with Gasteiger partial charge in [-0.1, -0.05) is 24.3 Å². The van der Waals surface area contributed by atoms with Crippen LogP contribution in [-0.2, 0) is 9.59 Å². The van der Waals surface area contributed by atoms with Gasteiger partial charge in [-0.3, -0.25) is 19.2 Å². The quantitative estimate of drug-likeness (QED) is 0.0758. The molecule has 0 unspecified atom stereocenters. The number of pyridine rings is 2. The molecule has 282 valence electrons. The highest BCUT2D eigenvalue weighted by Gasteiger charge is 2.19. The SMILES string of the molecule is CN(C)CCN(C=O)c1ccc(NCCN(C)CCNc2ccc(N(C=O)CCN(C)C)c3[nH]c4ccccc4c(=O)c23)c2c(=O)c3ccccc3[nH]c12. The van der Waals surface area contributed by atoms with Crippen molar-refractivity contribution in [3.8, 4) is 0 Å². The highest BCUT2D eigenvalue weighted by atomic mass is 16.1. The van der Waals surface area contributed by atoms with Crippen LogP contribution in [0.15, 0.2) is 82.4 Å². The Morgan fingerprint density at radius 1 is 0.537 bits per heavy atom. The molecule has 2 amide bonds. The number of hydrogen-bond acceptors (Lipinski definition) is 9. The minimum absolute atomic E-state index is 0.102. The molecular weight excluding hydrogens is 683 g/mol. The van der Waals surface area contributed by atoms with Gasteiger partial charge in [0.1, 0.15) is 0 Å². The summed E-state index contributed by atoms with van der Waals surface area (Å²) in [7, 11) is 9.84. The largest absolute Gasteiger partial charge is 0.383 e. The van der Waals surface area contributed by atoms with Gasteiger partial charge in [0.15, 0.2) is 10.9 Å². The van der Waals surface area contributed by atoms with E-state index in [1.807, 2.05) is 118 Å². The van der Waals surface area contributed by atoms with Crippen molar-refractivity contribution in [2.24, 2.45) is 0 Å². The number of aromatic nitrogens is 2. The molecule has 54 heavy (non-hydrogen) atoms. The van der Waals surface area contributed by atoms with Crippen LogP contribution in [0.25, 0.3) is 43.6 Å². The first-order valence-electron chi connectivity index (χ1n) is 18.2. The molecule has 0 spiro atoms. The van der Waals surface area contributed by atoms with E-state index in [0.717, 1.165) is 12.8 Å². The average molecular weight is 732 g/mol. The van der Waals surface area contributed by atoms with Crippen LogP contribution in [0.1, 0.15) is 0 Å². The highest BCUT2D eigenvalue weighted by molar-refractivity contribution is 6.08. The van der Waals surface area contributed by atoms with Crippen molar-refractivity contribution >= 4 is 79.2 Å². The maximum absolute atomic E-state index is 13.9. The van der Waals surface area contributed by atoms with Crippen molar-refractivity contribution in [2.45, 2.75) is 0 Å². The van der Waals surface area contributed by atoms with Gasteiger partial charge in [-0.25, -0.2) is 0 Å². The van der Waals surface area contributed by atoms with Crippen LogP contribution in [0.2, 0.25) is 0 Å². The molecule has 0 atom stereocenters. The number of nitrogens with zero attached hydrogens (tertiary/aromatic N) is 5. The van der Waals surface area contributed by atoms with Gasteiger partial charge in [0.25, 0.3) is 0 Å². The lowest BCUT2D eigenvalue weighted by Gasteiger charge is -2.23. The highest BCUT2D eigenvalue weighted by Crippen LogP contribution is 2.32. The third kappa shape index (κ3) is 8.08. The molecule has 0 aliphatic heterocycles. The second kappa shape index (κ2) is 16.9. The van der Waals surface area contributed by atoms with Crippen LogP contribution < -0.4 is 31.3 Å². The fourth-order valence-electron chi connectivity index (χ4n) is 6.75. The Morgan fingerprint density at radius 3 is 1.33 bits per heavy atom. The maximum Gasteiger partial charge on any atom is 0.214 e. The number of nitrogens with one attached hydrogen (secondary N) is 4. The van der Waals surface area contributed by atoms with Crippen molar-refractivity contribution in [2.75, 3.05) is 108 Å². The van der Waals surface area contributed by atoms with E-state index < -0.39 is 0 Å². The number of H-pyrrole nitrogens is 2. The molecule has 13 nitrogen and oxygen atoms in total. The zero-order valence-electron chi connectivity index (χ0n) is 31.6. The van der Waals surface area contributed by atoms with Gasteiger partial charge in [0, 0.05) is 85.5 Å². The third-order valence-electron chi connectivity index (χ3n) is 9.75. The molecule has 2 aromatic heterocycles. The summed E-state index contributed by atoms with van der Waals surface area (Å²) in [5, 5.41) is 9.14. The minimum atomic E-state index is -0.102. The lowest BCUT2D eigenvalue weighted by molar-refractivity contribution is -0.108. The molecule has 6 rings (SSSR count). The molecule has 0 fully saturated rings. The number of para-hydroxylation sites is 2. The first-order valence-corrected chi connectivity index (χ1v) is 18.2. The summed E-state index contributed by atoms with van der Waals surface area (Å²) in [4.78, 5) is 68.5. The van der Waals surface area contributed by atoms with E-state index in [1.54, 1.807) is 9.80 Å². The number of carbonyl (C=O) groups is 2. The second-order valence-corrected chi connectivity index (χ2v) is 14.1. The Hall–Kier alpha value is -5.76. The average Bonchev–Trinajstić information content (AvgIpc) is 3.16. The van der Waals surface area contributed by atoms with Crippen LogP contribution in [0.4, 0.5) is 22.7 Å². The number of fused-ring (bicyclic) bond motifs is 4. The molecule has 0 saturated carbocycles. The number of aromatic amines is 2. The summed E-state index contributed by atoms with van der Waals surface area (Å²) >= 11 is 0. The number of anilines is 4. The molecule has 0 bridgehead atoms. The lowest BCUT2D eigenvalue weighted by atomic mass is 10.1. The van der Waals surface area contributed by atoms with Crippen LogP contribution in [0.3, 0.4) is 0 Å². The van der Waals surface area contributed by atoms with Gasteiger partial charge in [-0.05, 0) is 83.8 Å². The van der Waals surface area contributed by atoms with Gasteiger partial charge in [-0.15, -0.1) is 0 Å². The van der Waals surface area contributed by atoms with E-state index in [1.165, 1.54) is 0 Å². The van der Waals surface area contributed by atoms with Crippen LogP contribution >= 0.6 is 0 Å². The van der Waals surface area contributed by atoms with Gasteiger partial charge < -0.3 is 45.1 Å². The predicted molar refractivity (Wildman–Crippen MR) is 223 cm³/mol. The second-order valence-electron chi connectivity index (χ2n) is 14.1. The van der Waals surface area contributed by atoms with E-state index in [-0.39, 0.29) is 10.9 Å². The predicted octanol–water partition coefficient (Wildman–Crippen LogP) is 4.18. The molecule has 13 heteroatoms. The first kappa shape index (κ1) is 38.0. The Labute approximate surface area is 314 Å². The van der Waals surface area contributed by atoms with Gasteiger partial charge >= 0.3 is 0 Å². The van der Waals surface area contributed by atoms with Crippen LogP contribution in [-0.4, -0.2) is 125 Å².